The van der Waals surface area contributed by atoms with Crippen LogP contribution in [0.25, 0.3) is 0 Å². The Labute approximate surface area is 298 Å². The van der Waals surface area contributed by atoms with E-state index in [1.54, 1.807) is 0 Å². The molecule has 0 spiro atoms. The molecular formula is C42H81NO5. The summed E-state index contributed by atoms with van der Waals surface area (Å²) in [7, 11) is 0. The molecule has 0 fully saturated rings. The second-order valence-corrected chi connectivity index (χ2v) is 14.4. The highest BCUT2D eigenvalue weighted by atomic mass is 16.5. The van der Waals surface area contributed by atoms with Gasteiger partial charge in [-0.3, -0.25) is 9.59 Å². The monoisotopic (exact) mass is 680 g/mol. The first-order chi connectivity index (χ1) is 23.5. The highest BCUT2D eigenvalue weighted by molar-refractivity contribution is 5.77. The van der Waals surface area contributed by atoms with Crippen LogP contribution in [0.4, 0.5) is 0 Å². The summed E-state index contributed by atoms with van der Waals surface area (Å²) in [4.78, 5) is 25.7. The number of aliphatic hydroxyl groups excluding tert-OH is 2. The van der Waals surface area contributed by atoms with Crippen LogP contribution in [0.3, 0.4) is 0 Å². The maximum Gasteiger partial charge on any atom is 0.306 e. The Morgan fingerprint density at radius 1 is 0.583 bits per heavy atom. The third-order valence-corrected chi connectivity index (χ3v) is 9.58. The van der Waals surface area contributed by atoms with Crippen molar-refractivity contribution in [3.63, 3.8) is 0 Å². The Bertz CT molecular complexity index is 727. The number of hydrogen-bond acceptors (Lipinski definition) is 5. The number of amides is 1. The molecule has 284 valence electrons. The third-order valence-electron chi connectivity index (χ3n) is 9.58. The maximum absolute atomic E-state index is 13.0. The van der Waals surface area contributed by atoms with Crippen molar-refractivity contribution in [2.75, 3.05) is 6.61 Å². The normalized spacial score (nSPS) is 13.5. The Morgan fingerprint density at radius 3 is 1.56 bits per heavy atom. The van der Waals surface area contributed by atoms with E-state index in [2.05, 4.69) is 38.2 Å². The molecule has 0 aliphatic carbocycles. The van der Waals surface area contributed by atoms with Gasteiger partial charge in [-0.15, -0.1) is 0 Å². The van der Waals surface area contributed by atoms with E-state index in [4.69, 9.17) is 4.74 Å². The summed E-state index contributed by atoms with van der Waals surface area (Å²) >= 11 is 0. The van der Waals surface area contributed by atoms with Crippen molar-refractivity contribution >= 4 is 11.9 Å². The van der Waals surface area contributed by atoms with E-state index in [9.17, 15) is 19.8 Å². The van der Waals surface area contributed by atoms with E-state index in [0.29, 0.717) is 19.3 Å². The zero-order chi connectivity index (χ0) is 35.3. The predicted molar refractivity (Wildman–Crippen MR) is 204 cm³/mol. The molecule has 0 saturated heterocycles. The number of aliphatic hydroxyl groups is 2. The van der Waals surface area contributed by atoms with Gasteiger partial charge in [0.25, 0.3) is 0 Å². The van der Waals surface area contributed by atoms with Crippen LogP contribution in [-0.2, 0) is 14.3 Å². The molecule has 3 atom stereocenters. The van der Waals surface area contributed by atoms with Crippen molar-refractivity contribution in [3.05, 3.63) is 12.2 Å². The van der Waals surface area contributed by atoms with Gasteiger partial charge in [-0.05, 0) is 44.9 Å². The Balaban J connectivity index is 4.52. The van der Waals surface area contributed by atoms with Gasteiger partial charge in [0.1, 0.15) is 6.10 Å². The van der Waals surface area contributed by atoms with Crippen LogP contribution in [0.1, 0.15) is 220 Å². The molecule has 0 heterocycles. The first-order valence-corrected chi connectivity index (χ1v) is 20.9. The molecule has 6 heteroatoms. The van der Waals surface area contributed by atoms with E-state index in [1.165, 1.54) is 103 Å². The number of hydrogen-bond donors (Lipinski definition) is 3. The number of carbonyl (C=O) groups is 2. The topological polar surface area (TPSA) is 95.9 Å². The molecule has 48 heavy (non-hydrogen) atoms. The van der Waals surface area contributed by atoms with Gasteiger partial charge in [-0.2, -0.15) is 0 Å². The Morgan fingerprint density at radius 2 is 1.04 bits per heavy atom. The molecule has 6 nitrogen and oxygen atoms in total. The second-order valence-electron chi connectivity index (χ2n) is 14.4. The van der Waals surface area contributed by atoms with E-state index in [0.717, 1.165) is 70.6 Å². The minimum absolute atomic E-state index is 0.0713. The quantitative estimate of drug-likeness (QED) is 0.0345. The number of allylic oxidation sites excluding steroid dienone is 2. The molecule has 3 N–H and O–H groups in total. The number of rotatable bonds is 37. The average Bonchev–Trinajstić information content (AvgIpc) is 3.07. The second kappa shape index (κ2) is 36.9. The van der Waals surface area contributed by atoms with Crippen LogP contribution in [0, 0.1) is 0 Å². The molecule has 0 bridgehead atoms. The highest BCUT2D eigenvalue weighted by Crippen LogP contribution is 2.17. The lowest BCUT2D eigenvalue weighted by molar-refractivity contribution is -0.151. The zero-order valence-electron chi connectivity index (χ0n) is 32.1. The van der Waals surface area contributed by atoms with Crippen molar-refractivity contribution in [2.45, 2.75) is 238 Å². The standard InChI is InChI=1S/C42H81NO5/c1-4-7-10-13-16-19-21-22-25-28-31-34-40(45)39(37-44)43-41(46)36-38(33-30-27-24-18-15-12-9-6-3)48-42(47)35-32-29-26-23-20-17-14-11-8-5-2/h12,15,38-40,44-45H,4-11,13-14,16-37H2,1-3H3,(H,43,46)/b15-12-. The summed E-state index contributed by atoms with van der Waals surface area (Å²) in [6, 6.07) is -0.696. The summed E-state index contributed by atoms with van der Waals surface area (Å²) < 4.78 is 5.84. The first-order valence-electron chi connectivity index (χ1n) is 20.9. The fourth-order valence-electron chi connectivity index (χ4n) is 6.37. The van der Waals surface area contributed by atoms with Crippen molar-refractivity contribution in [1.82, 2.24) is 5.32 Å². The largest absolute Gasteiger partial charge is 0.462 e. The number of unbranched alkanes of at least 4 members (excludes halogenated alkanes) is 23. The van der Waals surface area contributed by atoms with Gasteiger partial charge in [0.05, 0.1) is 25.2 Å². The minimum atomic E-state index is -0.782. The molecule has 0 rings (SSSR count). The number of ether oxygens (including phenoxy) is 1. The molecule has 0 aliphatic heterocycles. The average molecular weight is 680 g/mol. The van der Waals surface area contributed by atoms with Crippen LogP contribution in [0.15, 0.2) is 12.2 Å². The third kappa shape index (κ3) is 31.8. The molecule has 0 aromatic heterocycles. The van der Waals surface area contributed by atoms with Crippen LogP contribution < -0.4 is 5.32 Å². The van der Waals surface area contributed by atoms with Gasteiger partial charge in [0, 0.05) is 6.42 Å². The molecule has 3 unspecified atom stereocenters. The molecule has 0 aliphatic rings. The summed E-state index contributed by atoms with van der Waals surface area (Å²) in [5, 5.41) is 23.5. The Hall–Kier alpha value is -1.40. The summed E-state index contributed by atoms with van der Waals surface area (Å²) in [5.74, 6) is -0.489. The summed E-state index contributed by atoms with van der Waals surface area (Å²) in [6.45, 7) is 6.37. The molecule has 1 amide bonds. The van der Waals surface area contributed by atoms with Gasteiger partial charge in [-0.25, -0.2) is 0 Å². The fourth-order valence-corrected chi connectivity index (χ4v) is 6.37. The molecule has 0 saturated carbocycles. The van der Waals surface area contributed by atoms with Gasteiger partial charge >= 0.3 is 5.97 Å². The van der Waals surface area contributed by atoms with E-state index in [-0.39, 0.29) is 24.9 Å². The van der Waals surface area contributed by atoms with Crippen molar-refractivity contribution < 1.29 is 24.5 Å². The van der Waals surface area contributed by atoms with Crippen LogP contribution in [-0.4, -0.2) is 46.9 Å². The fraction of sp³-hybridized carbons (Fsp3) is 0.905. The number of carbonyl (C=O) groups excluding carboxylic acids is 2. The predicted octanol–water partition coefficient (Wildman–Crippen LogP) is 11.4. The van der Waals surface area contributed by atoms with E-state index in [1.807, 2.05) is 0 Å². The Kier molecular flexibility index (Phi) is 35.8. The minimum Gasteiger partial charge on any atom is -0.462 e. The van der Waals surface area contributed by atoms with E-state index < -0.39 is 18.2 Å². The van der Waals surface area contributed by atoms with Crippen molar-refractivity contribution in [2.24, 2.45) is 0 Å². The van der Waals surface area contributed by atoms with Crippen LogP contribution >= 0.6 is 0 Å². The van der Waals surface area contributed by atoms with E-state index >= 15 is 0 Å². The first kappa shape index (κ1) is 46.6. The lowest BCUT2D eigenvalue weighted by Crippen LogP contribution is -2.46. The molecule has 0 radical (unpaired) electrons. The van der Waals surface area contributed by atoms with Gasteiger partial charge < -0.3 is 20.3 Å². The lowest BCUT2D eigenvalue weighted by Gasteiger charge is -2.24. The SMILES string of the molecule is CCC/C=C\CCCCCC(CC(=O)NC(CO)C(O)CCCCCCCCCCCCC)OC(=O)CCCCCCCCCCCC. The smallest absolute Gasteiger partial charge is 0.306 e. The molecule has 0 aromatic carbocycles. The van der Waals surface area contributed by atoms with Gasteiger partial charge in [0.2, 0.25) is 5.91 Å². The van der Waals surface area contributed by atoms with Crippen LogP contribution in [0.5, 0.6) is 0 Å². The van der Waals surface area contributed by atoms with Crippen molar-refractivity contribution in [3.8, 4) is 0 Å². The lowest BCUT2D eigenvalue weighted by atomic mass is 10.0. The van der Waals surface area contributed by atoms with Crippen LogP contribution in [0.2, 0.25) is 0 Å². The molecule has 0 aromatic rings. The zero-order valence-corrected chi connectivity index (χ0v) is 32.1. The maximum atomic E-state index is 13.0. The van der Waals surface area contributed by atoms with Crippen molar-refractivity contribution in [1.29, 1.82) is 0 Å². The highest BCUT2D eigenvalue weighted by Gasteiger charge is 2.24. The number of nitrogens with one attached hydrogen (secondary N) is 1. The molecular weight excluding hydrogens is 598 g/mol. The van der Waals surface area contributed by atoms with Gasteiger partial charge in [0.15, 0.2) is 0 Å². The van der Waals surface area contributed by atoms with Gasteiger partial charge in [-0.1, -0.05) is 174 Å². The number of esters is 1. The summed E-state index contributed by atoms with van der Waals surface area (Å²) in [6.07, 6.45) is 37.1. The summed E-state index contributed by atoms with van der Waals surface area (Å²) in [5.41, 5.74) is 0.